The molecule has 0 radical (unpaired) electrons. The van der Waals surface area contributed by atoms with Crippen LogP contribution in [0.5, 0.6) is 0 Å². The molecule has 1 aromatic heterocycles. The van der Waals surface area contributed by atoms with Gasteiger partial charge in [0.15, 0.2) is 0 Å². The van der Waals surface area contributed by atoms with E-state index < -0.39 is 5.41 Å². The number of ether oxygens (including phenoxy) is 1. The summed E-state index contributed by atoms with van der Waals surface area (Å²) in [6, 6.07) is 11.5. The lowest BCUT2D eigenvalue weighted by Crippen LogP contribution is -2.56. The number of aromatic nitrogens is 1. The van der Waals surface area contributed by atoms with Crippen molar-refractivity contribution in [2.24, 2.45) is 0 Å². The first-order chi connectivity index (χ1) is 13.6. The Labute approximate surface area is 175 Å². The number of hydrogen-bond donors (Lipinski definition) is 0. The standard InChI is InChI=1S/C21H23Cl2N3O2/c22-17-3-1-16(2-4-17)21(7-13-28-14-8-21)20(27)26-11-9-25(10-12-26)19-6-5-18(23)15-24-19/h1-6,15H,7-14H2. The Morgan fingerprint density at radius 3 is 2.18 bits per heavy atom. The van der Waals surface area contributed by atoms with Crippen molar-refractivity contribution >= 4 is 34.9 Å². The maximum Gasteiger partial charge on any atom is 0.233 e. The van der Waals surface area contributed by atoms with E-state index in [1.807, 2.05) is 41.3 Å². The Hall–Kier alpha value is -1.82. The molecule has 2 aromatic rings. The topological polar surface area (TPSA) is 45.7 Å². The molecule has 3 heterocycles. The van der Waals surface area contributed by atoms with E-state index in [2.05, 4.69) is 9.88 Å². The summed E-state index contributed by atoms with van der Waals surface area (Å²) in [6.07, 6.45) is 3.06. The van der Waals surface area contributed by atoms with E-state index in [4.69, 9.17) is 27.9 Å². The van der Waals surface area contributed by atoms with E-state index in [0.29, 0.717) is 49.2 Å². The first-order valence-electron chi connectivity index (χ1n) is 9.58. The zero-order valence-electron chi connectivity index (χ0n) is 15.6. The monoisotopic (exact) mass is 419 g/mol. The lowest BCUT2D eigenvalue weighted by atomic mass is 9.73. The zero-order chi connectivity index (χ0) is 19.6. The van der Waals surface area contributed by atoms with Crippen LogP contribution in [0.2, 0.25) is 10.0 Å². The van der Waals surface area contributed by atoms with Crippen LogP contribution in [-0.4, -0.2) is 55.2 Å². The van der Waals surface area contributed by atoms with E-state index in [-0.39, 0.29) is 5.91 Å². The second kappa shape index (κ2) is 8.27. The van der Waals surface area contributed by atoms with Crippen molar-refractivity contribution in [1.29, 1.82) is 0 Å². The highest BCUT2D eigenvalue weighted by Gasteiger charge is 2.44. The number of carbonyl (C=O) groups excluding carboxylic acids is 1. The van der Waals surface area contributed by atoms with Gasteiger partial charge in [0.2, 0.25) is 5.91 Å². The highest BCUT2D eigenvalue weighted by Crippen LogP contribution is 2.37. The van der Waals surface area contributed by atoms with E-state index in [1.165, 1.54) is 0 Å². The average Bonchev–Trinajstić information content (AvgIpc) is 2.75. The van der Waals surface area contributed by atoms with Crippen LogP contribution in [0.4, 0.5) is 5.82 Å². The number of benzene rings is 1. The Morgan fingerprint density at radius 2 is 1.57 bits per heavy atom. The minimum absolute atomic E-state index is 0.196. The molecule has 0 N–H and O–H groups in total. The van der Waals surface area contributed by atoms with Crippen molar-refractivity contribution < 1.29 is 9.53 Å². The van der Waals surface area contributed by atoms with Gasteiger partial charge in [0.25, 0.3) is 0 Å². The van der Waals surface area contributed by atoms with Crippen molar-refractivity contribution in [3.8, 4) is 0 Å². The van der Waals surface area contributed by atoms with Gasteiger partial charge in [-0.15, -0.1) is 0 Å². The van der Waals surface area contributed by atoms with Gasteiger partial charge in [-0.1, -0.05) is 35.3 Å². The van der Waals surface area contributed by atoms with Crippen molar-refractivity contribution in [2.75, 3.05) is 44.3 Å². The highest BCUT2D eigenvalue weighted by molar-refractivity contribution is 6.30. The van der Waals surface area contributed by atoms with Gasteiger partial charge < -0.3 is 14.5 Å². The fourth-order valence-electron chi connectivity index (χ4n) is 4.11. The maximum absolute atomic E-state index is 13.6. The molecule has 2 saturated heterocycles. The maximum atomic E-state index is 13.6. The Balaban J connectivity index is 1.50. The van der Waals surface area contributed by atoms with Gasteiger partial charge in [-0.25, -0.2) is 4.98 Å². The van der Waals surface area contributed by atoms with Gasteiger partial charge in [-0.05, 0) is 42.7 Å². The Morgan fingerprint density at radius 1 is 0.929 bits per heavy atom. The van der Waals surface area contributed by atoms with E-state index in [1.54, 1.807) is 6.20 Å². The smallest absolute Gasteiger partial charge is 0.233 e. The number of halogens is 2. The van der Waals surface area contributed by atoms with Crippen LogP contribution in [0.25, 0.3) is 0 Å². The van der Waals surface area contributed by atoms with Gasteiger partial charge in [-0.3, -0.25) is 4.79 Å². The molecule has 4 rings (SSSR count). The van der Waals surface area contributed by atoms with E-state index in [9.17, 15) is 4.79 Å². The molecule has 148 valence electrons. The predicted molar refractivity (Wildman–Crippen MR) is 111 cm³/mol. The van der Waals surface area contributed by atoms with Crippen LogP contribution in [0, 0.1) is 0 Å². The van der Waals surface area contributed by atoms with Crippen LogP contribution in [0.15, 0.2) is 42.6 Å². The molecule has 0 saturated carbocycles. The van der Waals surface area contributed by atoms with Crippen molar-refractivity contribution in [2.45, 2.75) is 18.3 Å². The van der Waals surface area contributed by atoms with Gasteiger partial charge in [0.1, 0.15) is 5.82 Å². The van der Waals surface area contributed by atoms with Crippen LogP contribution in [0.3, 0.4) is 0 Å². The van der Waals surface area contributed by atoms with Gasteiger partial charge in [0, 0.05) is 50.6 Å². The van der Waals surface area contributed by atoms with Crippen molar-refractivity contribution in [3.63, 3.8) is 0 Å². The molecular weight excluding hydrogens is 397 g/mol. The first kappa shape index (κ1) is 19.5. The molecule has 2 aliphatic heterocycles. The predicted octanol–water partition coefficient (Wildman–Crippen LogP) is 3.79. The number of piperazine rings is 1. The number of nitrogens with zero attached hydrogens (tertiary/aromatic N) is 3. The largest absolute Gasteiger partial charge is 0.381 e. The summed E-state index contributed by atoms with van der Waals surface area (Å²) < 4.78 is 5.57. The molecule has 0 atom stereocenters. The first-order valence-corrected chi connectivity index (χ1v) is 10.3. The molecule has 1 amide bonds. The normalized spacial score (nSPS) is 19.5. The molecule has 1 aromatic carbocycles. The highest BCUT2D eigenvalue weighted by atomic mass is 35.5. The summed E-state index contributed by atoms with van der Waals surface area (Å²) in [6.45, 7) is 4.08. The third-order valence-corrected chi connectivity index (χ3v) is 6.23. The molecule has 0 aliphatic carbocycles. The lowest BCUT2D eigenvalue weighted by molar-refractivity contribution is -0.141. The molecule has 0 bridgehead atoms. The molecule has 28 heavy (non-hydrogen) atoms. The third kappa shape index (κ3) is 3.84. The zero-order valence-corrected chi connectivity index (χ0v) is 17.1. The van der Waals surface area contributed by atoms with Crippen molar-refractivity contribution in [3.05, 3.63) is 58.2 Å². The second-order valence-electron chi connectivity index (χ2n) is 7.32. The molecule has 0 unspecified atom stereocenters. The van der Waals surface area contributed by atoms with Crippen LogP contribution in [-0.2, 0) is 14.9 Å². The number of pyridine rings is 1. The number of amides is 1. The molecule has 5 nitrogen and oxygen atoms in total. The lowest BCUT2D eigenvalue weighted by Gasteiger charge is -2.43. The van der Waals surface area contributed by atoms with Crippen LogP contribution < -0.4 is 4.90 Å². The van der Waals surface area contributed by atoms with Crippen LogP contribution >= 0.6 is 23.2 Å². The average molecular weight is 420 g/mol. The number of anilines is 1. The second-order valence-corrected chi connectivity index (χ2v) is 8.19. The Kier molecular flexibility index (Phi) is 5.76. The minimum atomic E-state index is -0.524. The fraction of sp³-hybridized carbons (Fsp3) is 0.429. The summed E-state index contributed by atoms with van der Waals surface area (Å²) in [5.74, 6) is 1.09. The summed E-state index contributed by atoms with van der Waals surface area (Å²) in [5, 5.41) is 1.31. The van der Waals surface area contributed by atoms with Crippen LogP contribution in [0.1, 0.15) is 18.4 Å². The molecular formula is C21H23Cl2N3O2. The van der Waals surface area contributed by atoms with Gasteiger partial charge >= 0.3 is 0 Å². The summed E-state index contributed by atoms with van der Waals surface area (Å²) in [7, 11) is 0. The Bertz CT molecular complexity index is 813. The molecule has 2 fully saturated rings. The fourth-order valence-corrected chi connectivity index (χ4v) is 4.35. The van der Waals surface area contributed by atoms with Gasteiger partial charge in [0.05, 0.1) is 10.4 Å². The summed E-state index contributed by atoms with van der Waals surface area (Å²) >= 11 is 12.0. The van der Waals surface area contributed by atoms with Gasteiger partial charge in [-0.2, -0.15) is 0 Å². The SMILES string of the molecule is O=C(N1CCN(c2ccc(Cl)cn2)CC1)C1(c2ccc(Cl)cc2)CCOCC1. The number of hydrogen-bond acceptors (Lipinski definition) is 4. The number of carbonyl (C=O) groups is 1. The third-order valence-electron chi connectivity index (χ3n) is 5.76. The summed E-state index contributed by atoms with van der Waals surface area (Å²) in [4.78, 5) is 22.2. The summed E-state index contributed by atoms with van der Waals surface area (Å²) in [5.41, 5.74) is 0.510. The molecule has 2 aliphatic rings. The van der Waals surface area contributed by atoms with Crippen molar-refractivity contribution in [1.82, 2.24) is 9.88 Å². The minimum Gasteiger partial charge on any atom is -0.381 e. The molecule has 7 heteroatoms. The van der Waals surface area contributed by atoms with E-state index in [0.717, 1.165) is 24.5 Å². The molecule has 0 spiro atoms. The van der Waals surface area contributed by atoms with E-state index >= 15 is 0 Å². The number of rotatable bonds is 3. The quantitative estimate of drug-likeness (QED) is 0.758.